The van der Waals surface area contributed by atoms with Crippen LogP contribution in [0.15, 0.2) is 46.7 Å². The second kappa shape index (κ2) is 6.77. The molecule has 0 atom stereocenters. The third-order valence-electron chi connectivity index (χ3n) is 3.50. The van der Waals surface area contributed by atoms with E-state index in [0.717, 1.165) is 16.2 Å². The van der Waals surface area contributed by atoms with Gasteiger partial charge in [0.15, 0.2) is 0 Å². The summed E-state index contributed by atoms with van der Waals surface area (Å²) in [6.45, 7) is 2.69. The summed E-state index contributed by atoms with van der Waals surface area (Å²) in [5, 5.41) is 2.04. The molecular formula is C17H15NOS3. The molecule has 22 heavy (non-hydrogen) atoms. The fourth-order valence-corrected chi connectivity index (χ4v) is 4.45. The van der Waals surface area contributed by atoms with Crippen molar-refractivity contribution in [2.24, 2.45) is 0 Å². The molecule has 1 aromatic carbocycles. The number of amides is 1. The van der Waals surface area contributed by atoms with Crippen molar-refractivity contribution in [1.29, 1.82) is 0 Å². The largest absolute Gasteiger partial charge is 0.293 e. The molecule has 112 valence electrons. The molecule has 0 aliphatic carbocycles. The number of nitrogens with zero attached hydrogens (tertiary/aromatic N) is 1. The first-order valence-corrected chi connectivity index (χ1v) is 9.09. The molecule has 2 nitrogen and oxygen atoms in total. The highest BCUT2D eigenvalue weighted by molar-refractivity contribution is 8.26. The highest BCUT2D eigenvalue weighted by Gasteiger charge is 2.31. The second-order valence-corrected chi connectivity index (χ2v) is 7.66. The molecule has 2 aromatic rings. The van der Waals surface area contributed by atoms with Crippen LogP contribution in [0.1, 0.15) is 16.0 Å². The number of hydrogen-bond donors (Lipinski definition) is 0. The monoisotopic (exact) mass is 345 g/mol. The standard InChI is InChI=1S/C17H15NOS3/c1-12-8-10-21-14(12)11-15-16(19)18(17(20)22-15)9-7-13-5-3-2-4-6-13/h2-6,8,10-11H,7,9H2,1H3. The molecule has 0 spiro atoms. The Morgan fingerprint density at radius 3 is 2.68 bits per heavy atom. The van der Waals surface area contributed by atoms with Gasteiger partial charge in [0.25, 0.3) is 5.91 Å². The Balaban J connectivity index is 1.72. The highest BCUT2D eigenvalue weighted by atomic mass is 32.2. The minimum atomic E-state index is 0.0266. The van der Waals surface area contributed by atoms with Crippen LogP contribution in [-0.2, 0) is 11.2 Å². The summed E-state index contributed by atoms with van der Waals surface area (Å²) >= 11 is 8.42. The van der Waals surface area contributed by atoms with Crippen molar-refractivity contribution in [2.45, 2.75) is 13.3 Å². The molecular weight excluding hydrogens is 330 g/mol. The molecule has 3 rings (SSSR count). The molecule has 1 fully saturated rings. The maximum Gasteiger partial charge on any atom is 0.266 e. The number of carbonyl (C=O) groups is 1. The Kier molecular flexibility index (Phi) is 4.76. The lowest BCUT2D eigenvalue weighted by atomic mass is 10.1. The fraction of sp³-hybridized carbons (Fsp3) is 0.176. The molecule has 0 N–H and O–H groups in total. The Morgan fingerprint density at radius 2 is 2.00 bits per heavy atom. The molecule has 0 radical (unpaired) electrons. The number of thioether (sulfide) groups is 1. The molecule has 2 heterocycles. The SMILES string of the molecule is Cc1ccsc1C=C1SC(=S)N(CCc2ccccc2)C1=O. The maximum atomic E-state index is 12.5. The topological polar surface area (TPSA) is 20.3 Å². The van der Waals surface area contributed by atoms with Gasteiger partial charge in [-0.25, -0.2) is 0 Å². The third kappa shape index (κ3) is 3.32. The van der Waals surface area contributed by atoms with E-state index in [9.17, 15) is 4.79 Å². The van der Waals surface area contributed by atoms with Crippen molar-refractivity contribution in [1.82, 2.24) is 4.90 Å². The van der Waals surface area contributed by atoms with Crippen molar-refractivity contribution in [3.05, 3.63) is 62.7 Å². The Bertz CT molecular complexity index is 733. The first-order valence-electron chi connectivity index (χ1n) is 6.98. The summed E-state index contributed by atoms with van der Waals surface area (Å²) < 4.78 is 0.654. The number of rotatable bonds is 4. The number of aryl methyl sites for hydroxylation is 1. The minimum absolute atomic E-state index is 0.0266. The van der Waals surface area contributed by atoms with Crippen molar-refractivity contribution < 1.29 is 4.79 Å². The summed E-state index contributed by atoms with van der Waals surface area (Å²) in [6.07, 6.45) is 2.78. The van der Waals surface area contributed by atoms with Crippen LogP contribution < -0.4 is 0 Å². The molecule has 1 amide bonds. The zero-order valence-corrected chi connectivity index (χ0v) is 14.6. The Hall–Kier alpha value is -1.43. The van der Waals surface area contributed by atoms with Gasteiger partial charge >= 0.3 is 0 Å². The van der Waals surface area contributed by atoms with E-state index < -0.39 is 0 Å². The van der Waals surface area contributed by atoms with Gasteiger partial charge < -0.3 is 0 Å². The van der Waals surface area contributed by atoms with Gasteiger partial charge in [0, 0.05) is 11.4 Å². The number of carbonyl (C=O) groups excluding carboxylic acids is 1. The first-order chi connectivity index (χ1) is 10.6. The molecule has 1 aromatic heterocycles. The average Bonchev–Trinajstić information content (AvgIpc) is 3.03. The lowest BCUT2D eigenvalue weighted by Crippen LogP contribution is -2.30. The maximum absolute atomic E-state index is 12.5. The van der Waals surface area contributed by atoms with E-state index in [2.05, 4.69) is 25.1 Å². The molecule has 0 bridgehead atoms. The van der Waals surface area contributed by atoms with E-state index >= 15 is 0 Å². The van der Waals surface area contributed by atoms with Crippen LogP contribution in [0.2, 0.25) is 0 Å². The van der Waals surface area contributed by atoms with Gasteiger partial charge in [-0.3, -0.25) is 9.69 Å². The summed E-state index contributed by atoms with van der Waals surface area (Å²) in [5.41, 5.74) is 2.41. The Labute approximate surface area is 143 Å². The lowest BCUT2D eigenvalue weighted by molar-refractivity contribution is -0.122. The highest BCUT2D eigenvalue weighted by Crippen LogP contribution is 2.34. The number of thiocarbonyl (C=S) groups is 1. The molecule has 1 aliphatic heterocycles. The van der Waals surface area contributed by atoms with Gasteiger partial charge in [-0.15, -0.1) is 11.3 Å². The second-order valence-electron chi connectivity index (χ2n) is 5.04. The summed E-state index contributed by atoms with van der Waals surface area (Å²) in [5.74, 6) is 0.0266. The first kappa shape index (κ1) is 15.5. The smallest absolute Gasteiger partial charge is 0.266 e. The molecule has 1 aliphatic rings. The van der Waals surface area contributed by atoms with E-state index in [4.69, 9.17) is 12.2 Å². The van der Waals surface area contributed by atoms with Crippen molar-refractivity contribution in [2.75, 3.05) is 6.54 Å². The zero-order chi connectivity index (χ0) is 15.5. The van der Waals surface area contributed by atoms with Crippen molar-refractivity contribution in [3.63, 3.8) is 0 Å². The number of hydrogen-bond acceptors (Lipinski definition) is 4. The predicted molar refractivity (Wildman–Crippen MR) is 99.1 cm³/mol. The minimum Gasteiger partial charge on any atom is -0.293 e. The zero-order valence-electron chi connectivity index (χ0n) is 12.1. The molecule has 1 saturated heterocycles. The van der Waals surface area contributed by atoms with Crippen LogP contribution in [0.5, 0.6) is 0 Å². The quantitative estimate of drug-likeness (QED) is 0.601. The van der Waals surface area contributed by atoms with Crippen LogP contribution in [0.25, 0.3) is 6.08 Å². The molecule has 0 saturated carbocycles. The van der Waals surface area contributed by atoms with Gasteiger partial charge in [0.2, 0.25) is 0 Å². The molecule has 5 heteroatoms. The summed E-state index contributed by atoms with van der Waals surface area (Å²) in [7, 11) is 0. The van der Waals surface area contributed by atoms with E-state index in [1.807, 2.05) is 29.7 Å². The number of thiophene rings is 1. The van der Waals surface area contributed by atoms with Gasteiger partial charge in [-0.2, -0.15) is 0 Å². The van der Waals surface area contributed by atoms with Crippen molar-refractivity contribution in [3.8, 4) is 0 Å². The molecule has 0 unspecified atom stereocenters. The normalized spacial score (nSPS) is 16.8. The van der Waals surface area contributed by atoms with E-state index in [0.29, 0.717) is 10.9 Å². The summed E-state index contributed by atoms with van der Waals surface area (Å²) in [6, 6.07) is 12.2. The lowest BCUT2D eigenvalue weighted by Gasteiger charge is -2.14. The van der Waals surface area contributed by atoms with Gasteiger partial charge in [0.05, 0.1) is 4.91 Å². The number of benzene rings is 1. The van der Waals surface area contributed by atoms with E-state index in [1.54, 1.807) is 16.2 Å². The van der Waals surface area contributed by atoms with Crippen LogP contribution in [0.3, 0.4) is 0 Å². The van der Waals surface area contributed by atoms with Crippen molar-refractivity contribution >= 4 is 51.6 Å². The predicted octanol–water partition coefficient (Wildman–Crippen LogP) is 4.50. The van der Waals surface area contributed by atoms with Crippen LogP contribution in [0, 0.1) is 6.92 Å². The van der Waals surface area contributed by atoms with Gasteiger partial charge in [-0.1, -0.05) is 54.3 Å². The van der Waals surface area contributed by atoms with Crippen LogP contribution in [0.4, 0.5) is 0 Å². The van der Waals surface area contributed by atoms with Gasteiger partial charge in [-0.05, 0) is 42.0 Å². The fourth-order valence-electron chi connectivity index (χ4n) is 2.23. The van der Waals surface area contributed by atoms with Gasteiger partial charge in [0.1, 0.15) is 4.32 Å². The van der Waals surface area contributed by atoms with Crippen LogP contribution >= 0.6 is 35.3 Å². The van der Waals surface area contributed by atoms with E-state index in [-0.39, 0.29) is 5.91 Å². The van der Waals surface area contributed by atoms with Crippen LogP contribution in [-0.4, -0.2) is 21.7 Å². The Morgan fingerprint density at radius 1 is 1.23 bits per heavy atom. The third-order valence-corrected chi connectivity index (χ3v) is 5.85. The van der Waals surface area contributed by atoms with E-state index in [1.165, 1.54) is 22.9 Å². The average molecular weight is 346 g/mol. The summed E-state index contributed by atoms with van der Waals surface area (Å²) in [4.78, 5) is 16.1.